The van der Waals surface area contributed by atoms with Crippen LogP contribution < -0.4 is 16.4 Å². The van der Waals surface area contributed by atoms with E-state index in [2.05, 4.69) is 20.6 Å². The van der Waals surface area contributed by atoms with Crippen LogP contribution in [0.2, 0.25) is 0 Å². The lowest BCUT2D eigenvalue weighted by Gasteiger charge is -2.11. The van der Waals surface area contributed by atoms with Gasteiger partial charge in [0.1, 0.15) is 11.5 Å². The first-order chi connectivity index (χ1) is 8.52. The van der Waals surface area contributed by atoms with E-state index in [9.17, 15) is 9.59 Å². The topological polar surface area (TPSA) is 110 Å². The summed E-state index contributed by atoms with van der Waals surface area (Å²) in [6.45, 7) is 4.37. The van der Waals surface area contributed by atoms with E-state index in [1.807, 2.05) is 6.92 Å². The van der Waals surface area contributed by atoms with Gasteiger partial charge >= 0.3 is 0 Å². The summed E-state index contributed by atoms with van der Waals surface area (Å²) in [5, 5.41) is 5.59. The Morgan fingerprint density at radius 1 is 1.39 bits per heavy atom. The van der Waals surface area contributed by atoms with Gasteiger partial charge in [0.25, 0.3) is 5.91 Å². The van der Waals surface area contributed by atoms with Crippen LogP contribution in [0.5, 0.6) is 0 Å². The highest BCUT2D eigenvalue weighted by molar-refractivity contribution is 5.92. The van der Waals surface area contributed by atoms with Gasteiger partial charge in [-0.1, -0.05) is 0 Å². The molecule has 2 amide bonds. The molecule has 98 valence electrons. The molecular weight excluding hydrogens is 234 g/mol. The van der Waals surface area contributed by atoms with E-state index in [0.29, 0.717) is 5.82 Å². The lowest BCUT2D eigenvalue weighted by atomic mass is 10.2. The minimum Gasteiger partial charge on any atom is -0.370 e. The first-order valence-corrected chi connectivity index (χ1v) is 5.68. The minimum atomic E-state index is -0.462. The van der Waals surface area contributed by atoms with Gasteiger partial charge in [-0.3, -0.25) is 9.59 Å². The monoisotopic (exact) mass is 251 g/mol. The van der Waals surface area contributed by atoms with Crippen molar-refractivity contribution in [1.29, 1.82) is 0 Å². The smallest absolute Gasteiger partial charge is 0.271 e. The van der Waals surface area contributed by atoms with Gasteiger partial charge in [0.15, 0.2) is 0 Å². The SMILES string of the molecule is CCNc1cnc(C(=O)NC(C)CC(N)=O)cn1. The zero-order chi connectivity index (χ0) is 13.5. The van der Waals surface area contributed by atoms with E-state index in [1.165, 1.54) is 12.4 Å². The highest BCUT2D eigenvalue weighted by Crippen LogP contribution is 2.01. The van der Waals surface area contributed by atoms with Crippen molar-refractivity contribution in [2.45, 2.75) is 26.3 Å². The van der Waals surface area contributed by atoms with Gasteiger partial charge in [-0.25, -0.2) is 9.97 Å². The first-order valence-electron chi connectivity index (χ1n) is 5.68. The van der Waals surface area contributed by atoms with Crippen molar-refractivity contribution in [2.24, 2.45) is 5.73 Å². The summed E-state index contributed by atoms with van der Waals surface area (Å²) in [6.07, 6.45) is 2.95. The van der Waals surface area contributed by atoms with Gasteiger partial charge in [-0.2, -0.15) is 0 Å². The molecule has 1 unspecified atom stereocenters. The molecule has 0 bridgehead atoms. The Bertz CT molecular complexity index is 418. The average molecular weight is 251 g/mol. The van der Waals surface area contributed by atoms with Gasteiger partial charge in [0, 0.05) is 19.0 Å². The summed E-state index contributed by atoms with van der Waals surface area (Å²) in [7, 11) is 0. The van der Waals surface area contributed by atoms with Crippen LogP contribution in [0, 0.1) is 0 Å². The lowest BCUT2D eigenvalue weighted by molar-refractivity contribution is -0.118. The number of rotatable bonds is 6. The second-order valence-electron chi connectivity index (χ2n) is 3.86. The van der Waals surface area contributed by atoms with Crippen LogP contribution in [0.15, 0.2) is 12.4 Å². The van der Waals surface area contributed by atoms with Crippen LogP contribution in [-0.2, 0) is 4.79 Å². The summed E-state index contributed by atoms with van der Waals surface area (Å²) in [6, 6.07) is -0.328. The van der Waals surface area contributed by atoms with E-state index in [0.717, 1.165) is 6.54 Å². The molecule has 1 aromatic rings. The van der Waals surface area contributed by atoms with Crippen LogP contribution >= 0.6 is 0 Å². The molecule has 4 N–H and O–H groups in total. The molecular formula is C11H17N5O2. The number of carbonyl (C=O) groups is 2. The van der Waals surface area contributed by atoms with Crippen molar-refractivity contribution in [2.75, 3.05) is 11.9 Å². The van der Waals surface area contributed by atoms with Gasteiger partial charge < -0.3 is 16.4 Å². The summed E-state index contributed by atoms with van der Waals surface area (Å²) in [5.74, 6) is -0.227. The molecule has 0 aromatic carbocycles. The predicted molar refractivity (Wildman–Crippen MR) is 66.9 cm³/mol. The van der Waals surface area contributed by atoms with Crippen molar-refractivity contribution in [3.8, 4) is 0 Å². The van der Waals surface area contributed by atoms with Crippen LogP contribution in [0.25, 0.3) is 0 Å². The molecule has 0 aliphatic heterocycles. The van der Waals surface area contributed by atoms with Crippen LogP contribution in [0.4, 0.5) is 5.82 Å². The highest BCUT2D eigenvalue weighted by Gasteiger charge is 2.13. The number of nitrogens with one attached hydrogen (secondary N) is 2. The molecule has 1 atom stereocenters. The van der Waals surface area contributed by atoms with E-state index < -0.39 is 5.91 Å². The van der Waals surface area contributed by atoms with Crippen molar-refractivity contribution in [1.82, 2.24) is 15.3 Å². The molecule has 1 rings (SSSR count). The van der Waals surface area contributed by atoms with E-state index >= 15 is 0 Å². The normalized spacial score (nSPS) is 11.7. The molecule has 0 radical (unpaired) electrons. The van der Waals surface area contributed by atoms with E-state index in [-0.39, 0.29) is 24.1 Å². The number of carbonyl (C=O) groups excluding carboxylic acids is 2. The number of amides is 2. The lowest BCUT2D eigenvalue weighted by Crippen LogP contribution is -2.36. The molecule has 18 heavy (non-hydrogen) atoms. The third-order valence-corrected chi connectivity index (χ3v) is 2.13. The molecule has 1 heterocycles. The highest BCUT2D eigenvalue weighted by atomic mass is 16.2. The fraction of sp³-hybridized carbons (Fsp3) is 0.455. The van der Waals surface area contributed by atoms with Crippen LogP contribution in [0.1, 0.15) is 30.8 Å². The number of anilines is 1. The fourth-order valence-electron chi connectivity index (χ4n) is 1.37. The number of nitrogens with two attached hydrogens (primary N) is 1. The zero-order valence-electron chi connectivity index (χ0n) is 10.4. The molecule has 0 aliphatic rings. The largest absolute Gasteiger partial charge is 0.370 e. The van der Waals surface area contributed by atoms with Gasteiger partial charge in [0.05, 0.1) is 12.4 Å². The number of hydrogen-bond acceptors (Lipinski definition) is 5. The average Bonchev–Trinajstić information content (AvgIpc) is 2.29. The second-order valence-corrected chi connectivity index (χ2v) is 3.86. The Hall–Kier alpha value is -2.18. The Kier molecular flexibility index (Phi) is 5.04. The second kappa shape index (κ2) is 6.53. The van der Waals surface area contributed by atoms with Gasteiger partial charge in [-0.15, -0.1) is 0 Å². The summed E-state index contributed by atoms with van der Waals surface area (Å²) in [5.41, 5.74) is 5.24. The van der Waals surface area contributed by atoms with Crippen molar-refractivity contribution in [3.63, 3.8) is 0 Å². The van der Waals surface area contributed by atoms with E-state index in [4.69, 9.17) is 5.73 Å². The third-order valence-electron chi connectivity index (χ3n) is 2.13. The van der Waals surface area contributed by atoms with Crippen LogP contribution in [-0.4, -0.2) is 34.4 Å². The predicted octanol–water partition coefficient (Wildman–Crippen LogP) is -0.0979. The van der Waals surface area contributed by atoms with E-state index in [1.54, 1.807) is 6.92 Å². The maximum atomic E-state index is 11.7. The number of nitrogens with zero attached hydrogens (tertiary/aromatic N) is 2. The van der Waals surface area contributed by atoms with Gasteiger partial charge in [-0.05, 0) is 13.8 Å². The Morgan fingerprint density at radius 2 is 2.11 bits per heavy atom. The Labute approximate surface area is 105 Å². The van der Waals surface area contributed by atoms with Crippen molar-refractivity contribution in [3.05, 3.63) is 18.1 Å². The Balaban J connectivity index is 2.58. The number of primary amides is 1. The number of hydrogen-bond donors (Lipinski definition) is 3. The summed E-state index contributed by atoms with van der Waals surface area (Å²) >= 11 is 0. The van der Waals surface area contributed by atoms with Crippen molar-refractivity contribution >= 4 is 17.6 Å². The molecule has 0 aliphatic carbocycles. The maximum absolute atomic E-state index is 11.7. The summed E-state index contributed by atoms with van der Waals surface area (Å²) < 4.78 is 0. The first kappa shape index (κ1) is 13.9. The maximum Gasteiger partial charge on any atom is 0.271 e. The third kappa shape index (κ3) is 4.36. The zero-order valence-corrected chi connectivity index (χ0v) is 10.4. The molecule has 0 saturated carbocycles. The molecule has 0 spiro atoms. The molecule has 7 nitrogen and oxygen atoms in total. The molecule has 7 heteroatoms. The molecule has 0 fully saturated rings. The minimum absolute atomic E-state index is 0.0919. The number of aromatic nitrogens is 2. The Morgan fingerprint density at radius 3 is 2.61 bits per heavy atom. The molecule has 0 saturated heterocycles. The van der Waals surface area contributed by atoms with Crippen LogP contribution in [0.3, 0.4) is 0 Å². The summed E-state index contributed by atoms with van der Waals surface area (Å²) in [4.78, 5) is 30.4. The molecule has 1 aromatic heterocycles. The quantitative estimate of drug-likeness (QED) is 0.654. The van der Waals surface area contributed by atoms with Crippen molar-refractivity contribution < 1.29 is 9.59 Å². The standard InChI is InChI=1S/C11H17N5O2/c1-3-13-10-6-14-8(5-15-10)11(18)16-7(2)4-9(12)17/h5-7H,3-4H2,1-2H3,(H2,12,17)(H,13,15)(H,16,18). The van der Waals surface area contributed by atoms with Gasteiger partial charge in [0.2, 0.25) is 5.91 Å². The fourth-order valence-corrected chi connectivity index (χ4v) is 1.37.